The molecule has 1 heteroatoms. The van der Waals surface area contributed by atoms with Gasteiger partial charge in [0.15, 0.2) is 0 Å². The van der Waals surface area contributed by atoms with E-state index in [4.69, 9.17) is 11.6 Å². The highest BCUT2D eigenvalue weighted by Crippen LogP contribution is 2.25. The van der Waals surface area contributed by atoms with E-state index in [2.05, 4.69) is 20.8 Å². The number of alkyl halides is 1. The van der Waals surface area contributed by atoms with Crippen molar-refractivity contribution in [3.63, 3.8) is 0 Å². The summed E-state index contributed by atoms with van der Waals surface area (Å²) >= 11 is 6.02. The number of hydrogen-bond donors (Lipinski definition) is 0. The van der Waals surface area contributed by atoms with E-state index < -0.39 is 0 Å². The van der Waals surface area contributed by atoms with Gasteiger partial charge in [-0.05, 0) is 34.6 Å². The van der Waals surface area contributed by atoms with Crippen LogP contribution in [0.4, 0.5) is 0 Å². The molecule has 0 fully saturated rings. The molecule has 0 saturated carbocycles. The molecule has 0 unspecified atom stereocenters. The Bertz CT molecular complexity index is 122. The summed E-state index contributed by atoms with van der Waals surface area (Å²) in [5.41, 5.74) is 2.58. The van der Waals surface area contributed by atoms with Crippen LogP contribution < -0.4 is 0 Å². The van der Waals surface area contributed by atoms with Crippen molar-refractivity contribution in [2.24, 2.45) is 0 Å². The van der Waals surface area contributed by atoms with Crippen LogP contribution in [-0.4, -0.2) is 4.87 Å². The highest BCUT2D eigenvalue weighted by atomic mass is 35.5. The first kappa shape index (κ1) is 9.03. The third-order valence-electron chi connectivity index (χ3n) is 1.64. The molecule has 0 aliphatic rings. The summed E-state index contributed by atoms with van der Waals surface area (Å²) in [6.45, 7) is 10.3. The van der Waals surface area contributed by atoms with E-state index in [0.29, 0.717) is 0 Å². The molecular formula is C8H15Cl. The quantitative estimate of drug-likeness (QED) is 0.393. The summed E-state index contributed by atoms with van der Waals surface area (Å²) < 4.78 is 0. The Morgan fingerprint density at radius 2 is 1.44 bits per heavy atom. The first-order valence-electron chi connectivity index (χ1n) is 3.19. The number of allylic oxidation sites excluding steroid dienone is 2. The third-order valence-corrected chi connectivity index (χ3v) is 1.93. The molecule has 0 atom stereocenters. The molecule has 0 aromatic rings. The van der Waals surface area contributed by atoms with E-state index in [1.54, 1.807) is 0 Å². The Labute approximate surface area is 62.9 Å². The fourth-order valence-corrected chi connectivity index (χ4v) is 0.783. The monoisotopic (exact) mass is 146 g/mol. The summed E-state index contributed by atoms with van der Waals surface area (Å²) in [6.07, 6.45) is 0. The lowest BCUT2D eigenvalue weighted by Crippen LogP contribution is -2.12. The first-order chi connectivity index (χ1) is 3.85. The fraction of sp³-hybridized carbons (Fsp3) is 0.750. The molecule has 0 aliphatic carbocycles. The van der Waals surface area contributed by atoms with Gasteiger partial charge in [0.25, 0.3) is 0 Å². The zero-order valence-corrected chi connectivity index (χ0v) is 7.63. The van der Waals surface area contributed by atoms with Crippen LogP contribution in [0.25, 0.3) is 0 Å². The van der Waals surface area contributed by atoms with E-state index in [1.807, 2.05) is 13.8 Å². The van der Waals surface area contributed by atoms with Crippen LogP contribution in [0.5, 0.6) is 0 Å². The van der Waals surface area contributed by atoms with Gasteiger partial charge in [0, 0.05) is 0 Å². The van der Waals surface area contributed by atoms with Crippen molar-refractivity contribution in [2.75, 3.05) is 0 Å². The van der Waals surface area contributed by atoms with Crippen LogP contribution >= 0.6 is 11.6 Å². The number of hydrogen-bond acceptors (Lipinski definition) is 0. The third kappa shape index (κ3) is 2.90. The van der Waals surface area contributed by atoms with Crippen LogP contribution in [0.15, 0.2) is 11.1 Å². The summed E-state index contributed by atoms with van der Waals surface area (Å²) in [5.74, 6) is 0. The minimum Gasteiger partial charge on any atom is -0.115 e. The second kappa shape index (κ2) is 2.74. The van der Waals surface area contributed by atoms with Gasteiger partial charge in [-0.1, -0.05) is 11.1 Å². The molecular weight excluding hydrogens is 132 g/mol. The van der Waals surface area contributed by atoms with Gasteiger partial charge in [0.1, 0.15) is 0 Å². The summed E-state index contributed by atoms with van der Waals surface area (Å²) in [5, 5.41) is 0. The smallest absolute Gasteiger partial charge is 0.0598 e. The molecule has 0 rings (SSSR count). The lowest BCUT2D eigenvalue weighted by atomic mass is 10.0. The molecule has 0 N–H and O–H groups in total. The van der Waals surface area contributed by atoms with Crippen molar-refractivity contribution >= 4 is 11.6 Å². The van der Waals surface area contributed by atoms with Crippen LogP contribution in [0.2, 0.25) is 0 Å². The van der Waals surface area contributed by atoms with Crippen LogP contribution in [0, 0.1) is 0 Å². The average Bonchev–Trinajstić information content (AvgIpc) is 1.62. The normalized spacial score (nSPS) is 11.3. The molecule has 0 aromatic heterocycles. The van der Waals surface area contributed by atoms with Gasteiger partial charge in [-0.3, -0.25) is 0 Å². The van der Waals surface area contributed by atoms with Crippen LogP contribution in [0.3, 0.4) is 0 Å². The minimum atomic E-state index is -0.168. The molecule has 0 bridgehead atoms. The average molecular weight is 147 g/mol. The van der Waals surface area contributed by atoms with Crippen molar-refractivity contribution < 1.29 is 0 Å². The standard InChI is InChI=1S/C8H15Cl/c1-6(2)7(3)8(4,5)9/h1-5H3. The highest BCUT2D eigenvalue weighted by molar-refractivity contribution is 6.25. The van der Waals surface area contributed by atoms with Gasteiger partial charge in [-0.2, -0.15) is 0 Å². The van der Waals surface area contributed by atoms with E-state index in [9.17, 15) is 0 Å². The maximum atomic E-state index is 6.02. The van der Waals surface area contributed by atoms with E-state index in [-0.39, 0.29) is 4.87 Å². The fourth-order valence-electron chi connectivity index (χ4n) is 0.594. The zero-order valence-electron chi connectivity index (χ0n) is 6.88. The van der Waals surface area contributed by atoms with E-state index >= 15 is 0 Å². The number of rotatable bonds is 1. The molecule has 0 saturated heterocycles. The minimum absolute atomic E-state index is 0.168. The Morgan fingerprint density at radius 3 is 1.44 bits per heavy atom. The lowest BCUT2D eigenvalue weighted by Gasteiger charge is -2.18. The molecule has 0 nitrogen and oxygen atoms in total. The van der Waals surface area contributed by atoms with Gasteiger partial charge in [-0.25, -0.2) is 0 Å². The Morgan fingerprint density at radius 1 is 1.11 bits per heavy atom. The number of halogens is 1. The predicted molar refractivity (Wildman–Crippen MR) is 44.0 cm³/mol. The van der Waals surface area contributed by atoms with Crippen molar-refractivity contribution in [1.29, 1.82) is 0 Å². The first-order valence-corrected chi connectivity index (χ1v) is 3.57. The van der Waals surface area contributed by atoms with Gasteiger partial charge in [0.05, 0.1) is 4.87 Å². The van der Waals surface area contributed by atoms with Gasteiger partial charge >= 0.3 is 0 Å². The van der Waals surface area contributed by atoms with Crippen molar-refractivity contribution in [3.8, 4) is 0 Å². The maximum Gasteiger partial charge on any atom is 0.0598 e. The molecule has 9 heavy (non-hydrogen) atoms. The Hall–Kier alpha value is 0.0300. The molecule has 0 aliphatic heterocycles. The molecule has 0 aromatic carbocycles. The molecule has 0 heterocycles. The molecule has 54 valence electrons. The van der Waals surface area contributed by atoms with Gasteiger partial charge in [-0.15, -0.1) is 11.6 Å². The Balaban J connectivity index is 4.40. The zero-order chi connectivity index (χ0) is 7.65. The molecule has 0 amide bonds. The second-order valence-electron chi connectivity index (χ2n) is 3.10. The van der Waals surface area contributed by atoms with Gasteiger partial charge < -0.3 is 0 Å². The second-order valence-corrected chi connectivity index (χ2v) is 4.04. The lowest BCUT2D eigenvalue weighted by molar-refractivity contribution is 0.803. The van der Waals surface area contributed by atoms with E-state index in [0.717, 1.165) is 0 Å². The largest absolute Gasteiger partial charge is 0.115 e. The molecule has 0 radical (unpaired) electrons. The van der Waals surface area contributed by atoms with Crippen molar-refractivity contribution in [1.82, 2.24) is 0 Å². The predicted octanol–water partition coefficient (Wildman–Crippen LogP) is 3.36. The van der Waals surface area contributed by atoms with Crippen LogP contribution in [-0.2, 0) is 0 Å². The summed E-state index contributed by atoms with van der Waals surface area (Å²) in [4.78, 5) is -0.168. The molecule has 0 spiro atoms. The maximum absolute atomic E-state index is 6.02. The highest BCUT2D eigenvalue weighted by Gasteiger charge is 2.15. The SMILES string of the molecule is CC(C)=C(C)C(C)(C)Cl. The summed E-state index contributed by atoms with van der Waals surface area (Å²) in [6, 6.07) is 0. The topological polar surface area (TPSA) is 0 Å². The van der Waals surface area contributed by atoms with Crippen LogP contribution in [0.1, 0.15) is 34.6 Å². The Kier molecular flexibility index (Phi) is 2.75. The summed E-state index contributed by atoms with van der Waals surface area (Å²) in [7, 11) is 0. The van der Waals surface area contributed by atoms with E-state index in [1.165, 1.54) is 11.1 Å². The van der Waals surface area contributed by atoms with Crippen molar-refractivity contribution in [2.45, 2.75) is 39.5 Å². The van der Waals surface area contributed by atoms with Gasteiger partial charge in [0.2, 0.25) is 0 Å². The van der Waals surface area contributed by atoms with Crippen molar-refractivity contribution in [3.05, 3.63) is 11.1 Å².